The van der Waals surface area contributed by atoms with Gasteiger partial charge in [-0.2, -0.15) is 5.26 Å². The van der Waals surface area contributed by atoms with E-state index >= 15 is 0 Å². The summed E-state index contributed by atoms with van der Waals surface area (Å²) >= 11 is 3.47. The average Bonchev–Trinajstić information content (AvgIpc) is 2.48. The summed E-state index contributed by atoms with van der Waals surface area (Å²) in [6, 6.07) is 15.5. The van der Waals surface area contributed by atoms with Crippen molar-refractivity contribution in [3.63, 3.8) is 0 Å². The normalized spacial score (nSPS) is 11.7. The molecule has 108 valence electrons. The molecule has 2 rings (SSSR count). The number of ether oxygens (including phenoxy) is 1. The molecule has 2 aromatic rings. The van der Waals surface area contributed by atoms with Gasteiger partial charge in [0.25, 0.3) is 0 Å². The Morgan fingerprint density at radius 1 is 1.24 bits per heavy atom. The van der Waals surface area contributed by atoms with E-state index in [1.54, 1.807) is 12.1 Å². The zero-order valence-electron chi connectivity index (χ0n) is 12.1. The molecule has 0 amide bonds. The maximum Gasteiger partial charge on any atom is 0.145 e. The third-order valence-electron chi connectivity index (χ3n) is 3.18. The van der Waals surface area contributed by atoms with Crippen LogP contribution in [0.15, 0.2) is 46.9 Å². The number of rotatable bonds is 5. The lowest BCUT2D eigenvalue weighted by molar-refractivity contribution is 0.461. The van der Waals surface area contributed by atoms with E-state index in [1.165, 1.54) is 0 Å². The van der Waals surface area contributed by atoms with Crippen LogP contribution >= 0.6 is 15.9 Å². The lowest BCUT2D eigenvalue weighted by Crippen LogP contribution is -2.18. The Labute approximate surface area is 133 Å². The van der Waals surface area contributed by atoms with Crippen LogP contribution in [0, 0.1) is 11.3 Å². The van der Waals surface area contributed by atoms with Crippen molar-refractivity contribution >= 4 is 15.9 Å². The lowest BCUT2D eigenvalue weighted by Gasteiger charge is -2.18. The van der Waals surface area contributed by atoms with Crippen molar-refractivity contribution in [2.24, 2.45) is 0 Å². The zero-order chi connectivity index (χ0) is 15.2. The van der Waals surface area contributed by atoms with E-state index in [0.717, 1.165) is 22.3 Å². The minimum Gasteiger partial charge on any atom is -0.456 e. The first-order chi connectivity index (χ1) is 10.2. The number of hydrogen-bond donors (Lipinski definition) is 1. The molecular formula is C17H17BrN2O. The molecule has 3 nitrogen and oxygen atoms in total. The number of nitriles is 1. The van der Waals surface area contributed by atoms with Crippen LogP contribution in [0.3, 0.4) is 0 Å². The highest BCUT2D eigenvalue weighted by molar-refractivity contribution is 9.10. The van der Waals surface area contributed by atoms with Gasteiger partial charge in [0.15, 0.2) is 0 Å². The van der Waals surface area contributed by atoms with Crippen molar-refractivity contribution in [3.05, 3.63) is 58.1 Å². The Morgan fingerprint density at radius 2 is 2.00 bits per heavy atom. The molecule has 2 aromatic carbocycles. The minimum atomic E-state index is 0.173. The van der Waals surface area contributed by atoms with E-state index in [9.17, 15) is 0 Å². The SMILES string of the molecule is CCNC(C)c1ccc(Br)cc1Oc1ccccc1C#N. The van der Waals surface area contributed by atoms with Crippen LogP contribution in [-0.4, -0.2) is 6.54 Å². The van der Waals surface area contributed by atoms with Gasteiger partial charge in [-0.1, -0.05) is 41.1 Å². The molecule has 0 spiro atoms. The van der Waals surface area contributed by atoms with Gasteiger partial charge in [0.05, 0.1) is 5.56 Å². The predicted octanol–water partition coefficient (Wildman–Crippen LogP) is 4.78. The third kappa shape index (κ3) is 3.84. The monoisotopic (exact) mass is 344 g/mol. The molecule has 0 aliphatic rings. The van der Waals surface area contributed by atoms with Crippen LogP contribution in [0.1, 0.15) is 31.0 Å². The van der Waals surface area contributed by atoms with Crippen LogP contribution in [0.25, 0.3) is 0 Å². The fourth-order valence-corrected chi connectivity index (χ4v) is 2.48. The number of nitrogens with one attached hydrogen (secondary N) is 1. The molecule has 0 aliphatic heterocycles. The Balaban J connectivity index is 2.39. The average molecular weight is 345 g/mol. The summed E-state index contributed by atoms with van der Waals surface area (Å²) in [5, 5.41) is 12.5. The van der Waals surface area contributed by atoms with Gasteiger partial charge >= 0.3 is 0 Å². The van der Waals surface area contributed by atoms with Gasteiger partial charge in [-0.05, 0) is 37.7 Å². The van der Waals surface area contributed by atoms with Crippen molar-refractivity contribution < 1.29 is 4.74 Å². The molecule has 0 saturated carbocycles. The topological polar surface area (TPSA) is 45.0 Å². The number of nitrogens with zero attached hydrogens (tertiary/aromatic N) is 1. The smallest absolute Gasteiger partial charge is 0.145 e. The summed E-state index contributed by atoms with van der Waals surface area (Å²) in [6.45, 7) is 5.04. The maximum atomic E-state index is 9.16. The predicted molar refractivity (Wildman–Crippen MR) is 87.5 cm³/mol. The molecule has 1 atom stereocenters. The van der Waals surface area contributed by atoms with E-state index < -0.39 is 0 Å². The van der Waals surface area contributed by atoms with E-state index in [0.29, 0.717) is 11.3 Å². The molecule has 0 saturated heterocycles. The number of para-hydroxylation sites is 1. The Morgan fingerprint density at radius 3 is 2.71 bits per heavy atom. The number of halogens is 1. The van der Waals surface area contributed by atoms with Crippen molar-refractivity contribution in [2.75, 3.05) is 6.54 Å². The summed E-state index contributed by atoms with van der Waals surface area (Å²) in [4.78, 5) is 0. The van der Waals surface area contributed by atoms with E-state index in [4.69, 9.17) is 10.00 Å². The molecule has 0 aromatic heterocycles. The molecular weight excluding hydrogens is 328 g/mol. The Bertz CT molecular complexity index is 664. The fourth-order valence-electron chi connectivity index (χ4n) is 2.14. The van der Waals surface area contributed by atoms with Crippen LogP contribution in [0.5, 0.6) is 11.5 Å². The van der Waals surface area contributed by atoms with Crippen molar-refractivity contribution in [1.82, 2.24) is 5.32 Å². The second-order valence-corrected chi connectivity index (χ2v) is 5.59. The van der Waals surface area contributed by atoms with Crippen LogP contribution in [-0.2, 0) is 0 Å². The highest BCUT2D eigenvalue weighted by atomic mass is 79.9. The molecule has 4 heteroatoms. The van der Waals surface area contributed by atoms with Gasteiger partial charge in [-0.15, -0.1) is 0 Å². The molecule has 21 heavy (non-hydrogen) atoms. The zero-order valence-corrected chi connectivity index (χ0v) is 13.6. The van der Waals surface area contributed by atoms with Gasteiger partial charge < -0.3 is 10.1 Å². The molecule has 1 unspecified atom stereocenters. The van der Waals surface area contributed by atoms with Gasteiger partial charge in [0.2, 0.25) is 0 Å². The van der Waals surface area contributed by atoms with E-state index in [2.05, 4.69) is 41.2 Å². The highest BCUT2D eigenvalue weighted by Crippen LogP contribution is 2.33. The highest BCUT2D eigenvalue weighted by Gasteiger charge is 2.13. The first kappa shape index (κ1) is 15.6. The van der Waals surface area contributed by atoms with Crippen LogP contribution in [0.4, 0.5) is 0 Å². The van der Waals surface area contributed by atoms with E-state index in [-0.39, 0.29) is 6.04 Å². The summed E-state index contributed by atoms with van der Waals surface area (Å²) in [5.74, 6) is 1.32. The number of hydrogen-bond acceptors (Lipinski definition) is 3. The molecule has 0 heterocycles. The van der Waals surface area contributed by atoms with Crippen molar-refractivity contribution in [1.29, 1.82) is 5.26 Å². The Hall–Kier alpha value is -1.83. The second-order valence-electron chi connectivity index (χ2n) is 4.67. The molecule has 0 bridgehead atoms. The largest absolute Gasteiger partial charge is 0.456 e. The van der Waals surface area contributed by atoms with E-state index in [1.807, 2.05) is 30.3 Å². The maximum absolute atomic E-state index is 9.16. The third-order valence-corrected chi connectivity index (χ3v) is 3.67. The van der Waals surface area contributed by atoms with Crippen LogP contribution < -0.4 is 10.1 Å². The van der Waals surface area contributed by atoms with Crippen molar-refractivity contribution in [3.8, 4) is 17.6 Å². The second kappa shape index (κ2) is 7.26. The summed E-state index contributed by atoms with van der Waals surface area (Å²) in [5.41, 5.74) is 1.59. The summed E-state index contributed by atoms with van der Waals surface area (Å²) in [6.07, 6.45) is 0. The quantitative estimate of drug-likeness (QED) is 0.848. The van der Waals surface area contributed by atoms with Crippen LogP contribution in [0.2, 0.25) is 0 Å². The van der Waals surface area contributed by atoms with Gasteiger partial charge in [0.1, 0.15) is 17.6 Å². The molecule has 0 aliphatic carbocycles. The lowest BCUT2D eigenvalue weighted by atomic mass is 10.1. The first-order valence-electron chi connectivity index (χ1n) is 6.85. The van der Waals surface area contributed by atoms with Gasteiger partial charge in [-0.3, -0.25) is 0 Å². The Kier molecular flexibility index (Phi) is 5.38. The van der Waals surface area contributed by atoms with Gasteiger partial charge in [0, 0.05) is 16.1 Å². The summed E-state index contributed by atoms with van der Waals surface area (Å²) < 4.78 is 6.93. The molecule has 1 N–H and O–H groups in total. The van der Waals surface area contributed by atoms with Gasteiger partial charge in [-0.25, -0.2) is 0 Å². The minimum absolute atomic E-state index is 0.173. The molecule has 0 radical (unpaired) electrons. The summed E-state index contributed by atoms with van der Waals surface area (Å²) in [7, 11) is 0. The first-order valence-corrected chi connectivity index (χ1v) is 7.64. The standard InChI is InChI=1S/C17H17BrN2O/c1-3-20-12(2)15-9-8-14(18)10-17(15)21-16-7-5-4-6-13(16)11-19/h4-10,12,20H,3H2,1-2H3. The molecule has 0 fully saturated rings. The fraction of sp³-hybridized carbons (Fsp3) is 0.235. The number of benzene rings is 2. The van der Waals surface area contributed by atoms with Crippen molar-refractivity contribution in [2.45, 2.75) is 19.9 Å².